The fourth-order valence-electron chi connectivity index (χ4n) is 3.66. The van der Waals surface area contributed by atoms with Crippen LogP contribution in [0, 0.1) is 0 Å². The molecule has 0 aliphatic carbocycles. The molecular formula is C21H20N4O4S. The van der Waals surface area contributed by atoms with Crippen LogP contribution in [0.2, 0.25) is 0 Å². The number of hydrogen-bond donors (Lipinski definition) is 2. The van der Waals surface area contributed by atoms with E-state index in [1.807, 2.05) is 24.4 Å². The van der Waals surface area contributed by atoms with Crippen molar-refractivity contribution in [2.45, 2.75) is 36.4 Å². The Kier molecular flexibility index (Phi) is 5.06. The minimum absolute atomic E-state index is 0.121. The zero-order valence-corrected chi connectivity index (χ0v) is 16.9. The van der Waals surface area contributed by atoms with Crippen molar-refractivity contribution in [2.75, 3.05) is 6.61 Å². The number of ether oxygens (including phenoxy) is 1. The molecule has 8 nitrogen and oxygen atoms in total. The second-order valence-electron chi connectivity index (χ2n) is 7.18. The van der Waals surface area contributed by atoms with Crippen LogP contribution in [0.15, 0.2) is 57.2 Å². The molecule has 0 saturated carbocycles. The van der Waals surface area contributed by atoms with Crippen molar-refractivity contribution in [3.05, 3.63) is 58.8 Å². The highest BCUT2D eigenvalue weighted by molar-refractivity contribution is 7.98. The first-order chi connectivity index (χ1) is 14.7. The normalized spacial score (nSPS) is 16.5. The maximum Gasteiger partial charge on any atom is 0.226 e. The number of aromatic amines is 1. The van der Waals surface area contributed by atoms with Gasteiger partial charge in [-0.25, -0.2) is 0 Å². The van der Waals surface area contributed by atoms with Crippen LogP contribution >= 0.6 is 11.8 Å². The third-order valence-corrected chi connectivity index (χ3v) is 6.16. The van der Waals surface area contributed by atoms with Crippen LogP contribution in [-0.2, 0) is 17.0 Å². The Morgan fingerprint density at radius 1 is 1.30 bits per heavy atom. The summed E-state index contributed by atoms with van der Waals surface area (Å²) in [4.78, 5) is 15.0. The van der Waals surface area contributed by atoms with Gasteiger partial charge in [0.05, 0.1) is 18.4 Å². The van der Waals surface area contributed by atoms with E-state index in [0.717, 1.165) is 53.2 Å². The van der Waals surface area contributed by atoms with Crippen molar-refractivity contribution in [3.8, 4) is 17.1 Å². The van der Waals surface area contributed by atoms with Crippen LogP contribution in [0.25, 0.3) is 22.3 Å². The molecule has 0 radical (unpaired) electrons. The molecule has 1 aliphatic heterocycles. The quantitative estimate of drug-likeness (QED) is 0.456. The number of nitrogens with one attached hydrogen (secondary N) is 1. The Bertz CT molecular complexity index is 1240. The summed E-state index contributed by atoms with van der Waals surface area (Å²) in [6, 6.07) is 9.38. The Morgan fingerprint density at radius 2 is 2.20 bits per heavy atom. The summed E-state index contributed by atoms with van der Waals surface area (Å²) >= 11 is 1.43. The van der Waals surface area contributed by atoms with Crippen molar-refractivity contribution in [2.24, 2.45) is 0 Å². The minimum Gasteiger partial charge on any atom is -0.502 e. The Morgan fingerprint density at radius 3 is 3.03 bits per heavy atom. The predicted octanol–water partition coefficient (Wildman–Crippen LogP) is 3.56. The summed E-state index contributed by atoms with van der Waals surface area (Å²) in [7, 11) is 0. The second kappa shape index (κ2) is 8.00. The van der Waals surface area contributed by atoms with Gasteiger partial charge in [0.15, 0.2) is 16.7 Å². The van der Waals surface area contributed by atoms with Crippen LogP contribution < -0.4 is 5.43 Å². The molecule has 1 fully saturated rings. The van der Waals surface area contributed by atoms with E-state index in [1.165, 1.54) is 17.8 Å². The van der Waals surface area contributed by atoms with E-state index in [1.54, 1.807) is 0 Å². The molecule has 1 atom stereocenters. The summed E-state index contributed by atoms with van der Waals surface area (Å²) in [6.45, 7) is 1.43. The summed E-state index contributed by atoms with van der Waals surface area (Å²) < 4.78 is 13.2. The molecule has 1 saturated heterocycles. The number of fused-ring (bicyclic) bond motifs is 1. The SMILES string of the molecule is O=c1cc(CSc2nnc(-c3c[nH]c4ccccc34)n2CC2CCCO2)occ1O. The van der Waals surface area contributed by atoms with Gasteiger partial charge in [0.2, 0.25) is 5.43 Å². The number of aromatic nitrogens is 4. The fourth-order valence-corrected chi connectivity index (χ4v) is 4.50. The summed E-state index contributed by atoms with van der Waals surface area (Å²) in [6.07, 6.45) is 5.19. The van der Waals surface area contributed by atoms with Crippen molar-refractivity contribution in [1.82, 2.24) is 19.7 Å². The average Bonchev–Trinajstić information content (AvgIpc) is 3.49. The minimum atomic E-state index is -0.461. The van der Waals surface area contributed by atoms with Gasteiger partial charge in [-0.15, -0.1) is 10.2 Å². The third kappa shape index (κ3) is 3.61. The highest BCUT2D eigenvalue weighted by Gasteiger charge is 2.23. The molecule has 0 bridgehead atoms. The molecule has 0 spiro atoms. The summed E-state index contributed by atoms with van der Waals surface area (Å²) in [5.74, 6) is 1.24. The number of para-hydroxylation sites is 1. The van der Waals surface area contributed by atoms with Gasteiger partial charge in [-0.1, -0.05) is 30.0 Å². The fraction of sp³-hybridized carbons (Fsp3) is 0.286. The first kappa shape index (κ1) is 19.0. The zero-order valence-electron chi connectivity index (χ0n) is 16.1. The second-order valence-corrected chi connectivity index (χ2v) is 8.13. The van der Waals surface area contributed by atoms with E-state index in [9.17, 15) is 9.90 Å². The smallest absolute Gasteiger partial charge is 0.226 e. The highest BCUT2D eigenvalue weighted by Crippen LogP contribution is 2.32. The van der Waals surface area contributed by atoms with Gasteiger partial charge in [-0.05, 0) is 18.9 Å². The molecule has 1 aliphatic rings. The van der Waals surface area contributed by atoms with Gasteiger partial charge >= 0.3 is 0 Å². The number of aromatic hydroxyl groups is 1. The number of rotatable bonds is 6. The van der Waals surface area contributed by atoms with E-state index in [-0.39, 0.29) is 6.10 Å². The maximum atomic E-state index is 11.7. The highest BCUT2D eigenvalue weighted by atomic mass is 32.2. The Labute approximate surface area is 175 Å². The maximum absolute atomic E-state index is 11.7. The predicted molar refractivity (Wildman–Crippen MR) is 112 cm³/mol. The lowest BCUT2D eigenvalue weighted by molar-refractivity contribution is 0.0953. The zero-order chi connectivity index (χ0) is 20.5. The topological polar surface area (TPSA) is 106 Å². The first-order valence-electron chi connectivity index (χ1n) is 9.74. The number of hydrogen-bond acceptors (Lipinski definition) is 7. The van der Waals surface area contributed by atoms with Gasteiger partial charge < -0.3 is 19.2 Å². The lowest BCUT2D eigenvalue weighted by Crippen LogP contribution is -2.16. The van der Waals surface area contributed by atoms with Crippen LogP contribution in [0.5, 0.6) is 5.75 Å². The molecular weight excluding hydrogens is 404 g/mol. The van der Waals surface area contributed by atoms with E-state index in [0.29, 0.717) is 18.1 Å². The monoisotopic (exact) mass is 424 g/mol. The van der Waals surface area contributed by atoms with Crippen molar-refractivity contribution in [1.29, 1.82) is 0 Å². The Hall–Kier alpha value is -3.04. The summed E-state index contributed by atoms with van der Waals surface area (Å²) in [5.41, 5.74) is 1.57. The molecule has 1 aromatic carbocycles. The van der Waals surface area contributed by atoms with Crippen molar-refractivity contribution in [3.63, 3.8) is 0 Å². The van der Waals surface area contributed by atoms with Crippen molar-refractivity contribution >= 4 is 22.7 Å². The molecule has 4 heterocycles. The van der Waals surface area contributed by atoms with E-state index < -0.39 is 11.2 Å². The Balaban J connectivity index is 1.49. The van der Waals surface area contributed by atoms with Gasteiger partial charge in [-0.3, -0.25) is 9.36 Å². The van der Waals surface area contributed by atoms with Crippen LogP contribution in [0.3, 0.4) is 0 Å². The number of benzene rings is 1. The molecule has 5 rings (SSSR count). The van der Waals surface area contributed by atoms with Crippen molar-refractivity contribution < 1.29 is 14.3 Å². The van der Waals surface area contributed by atoms with Gasteiger partial charge in [-0.2, -0.15) is 0 Å². The molecule has 9 heteroatoms. The lowest BCUT2D eigenvalue weighted by Gasteiger charge is -2.14. The van der Waals surface area contributed by atoms with E-state index in [2.05, 4.69) is 25.8 Å². The van der Waals surface area contributed by atoms with E-state index >= 15 is 0 Å². The van der Waals surface area contributed by atoms with Crippen LogP contribution in [0.1, 0.15) is 18.6 Å². The molecule has 0 amide bonds. The standard InChI is InChI=1S/C21H20N4O4S/c26-18-8-14(29-11-19(18)27)12-30-21-24-23-20(25(21)10-13-4-3-7-28-13)16-9-22-17-6-2-1-5-15(16)17/h1-2,5-6,8-9,11,13,22,27H,3-4,7,10,12H2. The van der Waals surface area contributed by atoms with Crippen LogP contribution in [-0.4, -0.2) is 37.6 Å². The number of nitrogens with zero attached hydrogens (tertiary/aromatic N) is 3. The van der Waals surface area contributed by atoms with Gasteiger partial charge in [0.1, 0.15) is 12.0 Å². The number of H-pyrrole nitrogens is 1. The molecule has 154 valence electrons. The van der Waals surface area contributed by atoms with Gasteiger partial charge in [0, 0.05) is 35.3 Å². The van der Waals surface area contributed by atoms with Gasteiger partial charge in [0.25, 0.3) is 0 Å². The third-order valence-electron chi connectivity index (χ3n) is 5.17. The molecule has 30 heavy (non-hydrogen) atoms. The summed E-state index contributed by atoms with van der Waals surface area (Å²) in [5, 5.41) is 20.1. The molecule has 2 N–H and O–H groups in total. The molecule has 1 unspecified atom stereocenters. The van der Waals surface area contributed by atoms with Crippen LogP contribution in [0.4, 0.5) is 0 Å². The van der Waals surface area contributed by atoms with E-state index in [4.69, 9.17) is 9.15 Å². The molecule has 3 aromatic heterocycles. The average molecular weight is 424 g/mol. The largest absolute Gasteiger partial charge is 0.502 e. The number of thioether (sulfide) groups is 1. The lowest BCUT2D eigenvalue weighted by atomic mass is 10.1. The molecule has 4 aromatic rings. The first-order valence-corrected chi connectivity index (χ1v) is 10.7.